The van der Waals surface area contributed by atoms with Gasteiger partial charge in [-0.3, -0.25) is 19.2 Å². The number of rotatable bonds is 12. The smallest absolute Gasteiger partial charge is 0.431 e. The molecule has 1 aromatic heterocycles. The van der Waals surface area contributed by atoms with E-state index in [2.05, 4.69) is 20.0 Å². The van der Waals surface area contributed by atoms with Gasteiger partial charge in [-0.05, 0) is 31.4 Å². The molecular weight excluding hydrogens is 506 g/mol. The number of amides is 1. The summed E-state index contributed by atoms with van der Waals surface area (Å²) in [4.78, 5) is 67.3. The van der Waals surface area contributed by atoms with Gasteiger partial charge in [-0.25, -0.2) is 9.78 Å². The van der Waals surface area contributed by atoms with Crippen LogP contribution in [0.3, 0.4) is 0 Å². The number of hydrogen-bond donors (Lipinski definition) is 2. The number of ketones is 1. The molecule has 11 heteroatoms. The Bertz CT molecular complexity index is 1300. The van der Waals surface area contributed by atoms with Crippen molar-refractivity contribution in [2.45, 2.75) is 45.3 Å². The van der Waals surface area contributed by atoms with Crippen LogP contribution in [0.2, 0.25) is 0 Å². The average Bonchev–Trinajstić information content (AvgIpc) is 2.92. The molecule has 0 fully saturated rings. The number of aromatic amines is 1. The quantitative estimate of drug-likeness (QED) is 0.201. The number of carbonyl (C=O) groups excluding carboxylic acids is 4. The summed E-state index contributed by atoms with van der Waals surface area (Å²) >= 11 is 0. The lowest BCUT2D eigenvalue weighted by atomic mass is 9.98. The lowest BCUT2D eigenvalue weighted by molar-refractivity contribution is -0.153. The molecule has 0 saturated heterocycles. The minimum atomic E-state index is -0.962. The van der Waals surface area contributed by atoms with Crippen LogP contribution < -0.4 is 10.9 Å². The van der Waals surface area contributed by atoms with Gasteiger partial charge in [0, 0.05) is 19.0 Å². The normalized spacial score (nSPS) is 10.7. The predicted octanol–water partition coefficient (Wildman–Crippen LogP) is 3.70. The summed E-state index contributed by atoms with van der Waals surface area (Å²) in [7, 11) is 0. The van der Waals surface area contributed by atoms with Crippen LogP contribution >= 0.6 is 0 Å². The van der Waals surface area contributed by atoms with Crippen molar-refractivity contribution in [2.75, 3.05) is 6.79 Å². The molecule has 0 unspecified atom stereocenters. The number of nitrogens with one attached hydrogen (secondary N) is 2. The molecule has 11 nitrogen and oxygen atoms in total. The third-order valence-electron chi connectivity index (χ3n) is 5.36. The van der Waals surface area contributed by atoms with E-state index >= 15 is 0 Å². The molecule has 0 radical (unpaired) electrons. The first kappa shape index (κ1) is 28.8. The maximum atomic E-state index is 13.0. The second-order valence-corrected chi connectivity index (χ2v) is 8.67. The topological polar surface area (TPSA) is 154 Å². The van der Waals surface area contributed by atoms with Crippen LogP contribution in [-0.4, -0.2) is 46.7 Å². The minimum absolute atomic E-state index is 0.107. The van der Waals surface area contributed by atoms with Crippen LogP contribution in [0, 0.1) is 0 Å². The summed E-state index contributed by atoms with van der Waals surface area (Å²) < 4.78 is 14.1. The Hall–Kier alpha value is -4.80. The second-order valence-electron chi connectivity index (χ2n) is 8.67. The van der Waals surface area contributed by atoms with Crippen molar-refractivity contribution in [3.05, 3.63) is 99.7 Å². The van der Waals surface area contributed by atoms with E-state index in [1.807, 2.05) is 60.7 Å². The maximum absolute atomic E-state index is 13.0. The molecule has 0 aliphatic heterocycles. The second kappa shape index (κ2) is 14.2. The lowest BCUT2D eigenvalue weighted by Crippen LogP contribution is -2.34. The van der Waals surface area contributed by atoms with E-state index in [9.17, 15) is 24.0 Å². The molecule has 0 bridgehead atoms. The summed E-state index contributed by atoms with van der Waals surface area (Å²) in [5, 5.41) is 2.86. The zero-order valence-electron chi connectivity index (χ0n) is 21.5. The predicted molar refractivity (Wildman–Crippen MR) is 139 cm³/mol. The third-order valence-corrected chi connectivity index (χ3v) is 5.36. The van der Waals surface area contributed by atoms with Crippen molar-refractivity contribution in [1.29, 1.82) is 0 Å². The van der Waals surface area contributed by atoms with Crippen molar-refractivity contribution in [3.63, 3.8) is 0 Å². The largest absolute Gasteiger partial charge is 0.511 e. The standard InChI is InChI=1S/C28H29N3O8/c1-18(2)39-28(36)38-17-37-23(33)15-9-14-22(32)25-29-16-21(27(35)31-25)26(34)30-24(19-10-5-3-6-11-19)20-12-7-4-8-13-20/h3-8,10-13,16,18,24H,9,14-15,17H2,1-2H3,(H,30,34)(H,29,31,35). The van der Waals surface area contributed by atoms with Crippen molar-refractivity contribution in [3.8, 4) is 0 Å². The van der Waals surface area contributed by atoms with Gasteiger partial charge in [0.25, 0.3) is 11.5 Å². The fourth-order valence-electron chi connectivity index (χ4n) is 3.51. The molecule has 2 aromatic carbocycles. The number of ether oxygens (including phenoxy) is 3. The van der Waals surface area contributed by atoms with E-state index in [1.165, 1.54) is 0 Å². The molecule has 3 rings (SSSR count). The van der Waals surface area contributed by atoms with E-state index in [1.54, 1.807) is 13.8 Å². The van der Waals surface area contributed by atoms with Gasteiger partial charge in [-0.1, -0.05) is 60.7 Å². The van der Waals surface area contributed by atoms with Gasteiger partial charge in [0.1, 0.15) is 5.56 Å². The number of aromatic nitrogens is 2. The average molecular weight is 536 g/mol. The molecule has 1 amide bonds. The Morgan fingerprint density at radius 2 is 1.51 bits per heavy atom. The molecule has 1 heterocycles. The first-order chi connectivity index (χ1) is 18.7. The molecule has 3 aromatic rings. The van der Waals surface area contributed by atoms with Crippen LogP contribution in [0.25, 0.3) is 0 Å². The number of carbonyl (C=O) groups is 4. The molecule has 0 aliphatic carbocycles. The molecule has 204 valence electrons. The number of hydrogen-bond acceptors (Lipinski definition) is 9. The van der Waals surface area contributed by atoms with Crippen LogP contribution in [0.5, 0.6) is 0 Å². The molecule has 2 N–H and O–H groups in total. The molecule has 39 heavy (non-hydrogen) atoms. The summed E-state index contributed by atoms with van der Waals surface area (Å²) in [6, 6.07) is 18.1. The van der Waals surface area contributed by atoms with Crippen molar-refractivity contribution < 1.29 is 33.4 Å². The van der Waals surface area contributed by atoms with Crippen LogP contribution in [0.1, 0.15) is 71.3 Å². The van der Waals surface area contributed by atoms with Gasteiger partial charge >= 0.3 is 12.1 Å². The molecule has 0 saturated carbocycles. The number of benzene rings is 2. The minimum Gasteiger partial charge on any atom is -0.431 e. The fraction of sp³-hybridized carbons (Fsp3) is 0.286. The number of nitrogens with zero attached hydrogens (tertiary/aromatic N) is 1. The van der Waals surface area contributed by atoms with Gasteiger partial charge < -0.3 is 24.5 Å². The highest BCUT2D eigenvalue weighted by Crippen LogP contribution is 2.22. The number of esters is 1. The highest BCUT2D eigenvalue weighted by molar-refractivity contribution is 5.95. The highest BCUT2D eigenvalue weighted by Gasteiger charge is 2.21. The Kier molecular flexibility index (Phi) is 10.5. The Balaban J connectivity index is 1.55. The SMILES string of the molecule is CC(C)OC(=O)OCOC(=O)CCCC(=O)c1ncc(C(=O)NC(c2ccccc2)c2ccccc2)c(=O)[nH]1. The van der Waals surface area contributed by atoms with Crippen LogP contribution in [-0.2, 0) is 19.0 Å². The Morgan fingerprint density at radius 3 is 2.08 bits per heavy atom. The summed E-state index contributed by atoms with van der Waals surface area (Å²) in [6.07, 6.45) is -0.408. The van der Waals surface area contributed by atoms with Crippen LogP contribution in [0.15, 0.2) is 71.7 Å². The highest BCUT2D eigenvalue weighted by atomic mass is 16.8. The summed E-state index contributed by atoms with van der Waals surface area (Å²) in [5.41, 5.74) is 0.640. The van der Waals surface area contributed by atoms with E-state index in [4.69, 9.17) is 9.47 Å². The van der Waals surface area contributed by atoms with E-state index in [0.717, 1.165) is 17.3 Å². The van der Waals surface area contributed by atoms with Crippen molar-refractivity contribution in [2.24, 2.45) is 0 Å². The molecule has 0 atom stereocenters. The fourth-order valence-corrected chi connectivity index (χ4v) is 3.51. The van der Waals surface area contributed by atoms with Gasteiger partial charge in [0.15, 0.2) is 11.6 Å². The van der Waals surface area contributed by atoms with Gasteiger partial charge in [0.05, 0.1) is 12.1 Å². The van der Waals surface area contributed by atoms with Crippen molar-refractivity contribution >= 4 is 23.8 Å². The van der Waals surface area contributed by atoms with E-state index in [0.29, 0.717) is 0 Å². The Labute approximate surface area is 224 Å². The monoisotopic (exact) mass is 535 g/mol. The zero-order chi connectivity index (χ0) is 28.2. The van der Waals surface area contributed by atoms with E-state index in [-0.39, 0.29) is 36.8 Å². The third kappa shape index (κ3) is 8.92. The van der Waals surface area contributed by atoms with Crippen LogP contribution in [0.4, 0.5) is 4.79 Å². The van der Waals surface area contributed by atoms with Gasteiger partial charge in [-0.15, -0.1) is 0 Å². The molecule has 0 spiro atoms. The first-order valence-corrected chi connectivity index (χ1v) is 12.3. The zero-order valence-corrected chi connectivity index (χ0v) is 21.5. The number of H-pyrrole nitrogens is 1. The van der Waals surface area contributed by atoms with E-state index < -0.39 is 42.2 Å². The van der Waals surface area contributed by atoms with Crippen molar-refractivity contribution in [1.82, 2.24) is 15.3 Å². The van der Waals surface area contributed by atoms with Gasteiger partial charge in [0.2, 0.25) is 6.79 Å². The first-order valence-electron chi connectivity index (χ1n) is 12.3. The number of Topliss-reactive ketones (excluding diaryl/α,β-unsaturated/α-hetero) is 1. The maximum Gasteiger partial charge on any atom is 0.511 e. The lowest BCUT2D eigenvalue weighted by Gasteiger charge is -2.19. The summed E-state index contributed by atoms with van der Waals surface area (Å²) in [5.74, 6) is -2.08. The Morgan fingerprint density at radius 1 is 0.897 bits per heavy atom. The summed E-state index contributed by atoms with van der Waals surface area (Å²) in [6.45, 7) is 2.68. The molecular formula is C28H29N3O8. The van der Waals surface area contributed by atoms with Gasteiger partial charge in [-0.2, -0.15) is 0 Å². The molecule has 0 aliphatic rings.